The van der Waals surface area contributed by atoms with Crippen LogP contribution in [0.15, 0.2) is 54.7 Å². The van der Waals surface area contributed by atoms with E-state index in [2.05, 4.69) is 48.2 Å². The van der Waals surface area contributed by atoms with Crippen LogP contribution in [-0.4, -0.2) is 50.0 Å². The van der Waals surface area contributed by atoms with Gasteiger partial charge in [-0.1, -0.05) is 23.7 Å². The molecule has 0 radical (unpaired) electrons. The number of aromatic amines is 1. The van der Waals surface area contributed by atoms with E-state index in [1.165, 1.54) is 0 Å². The monoisotopic (exact) mass is 570 g/mol. The quantitative estimate of drug-likeness (QED) is 0.250. The minimum Gasteiger partial charge on any atom is -0.339 e. The van der Waals surface area contributed by atoms with E-state index in [9.17, 15) is 9.59 Å². The first-order valence-corrected chi connectivity index (χ1v) is 14.2. The van der Waals surface area contributed by atoms with Crippen LogP contribution in [0.4, 0.5) is 28.8 Å². The van der Waals surface area contributed by atoms with Gasteiger partial charge in [0.1, 0.15) is 10.7 Å². The van der Waals surface area contributed by atoms with Crippen molar-refractivity contribution in [2.45, 2.75) is 39.0 Å². The number of benzene rings is 2. The number of H-pyrrole nitrogens is 1. The van der Waals surface area contributed by atoms with Crippen LogP contribution in [-0.2, 0) is 17.6 Å². The van der Waals surface area contributed by atoms with Crippen molar-refractivity contribution in [3.05, 3.63) is 82.3 Å². The van der Waals surface area contributed by atoms with Gasteiger partial charge in [-0.15, -0.1) is 0 Å². The van der Waals surface area contributed by atoms with Crippen LogP contribution in [0, 0.1) is 12.8 Å². The molecule has 1 fully saturated rings. The van der Waals surface area contributed by atoms with Gasteiger partial charge in [-0.05, 0) is 86.1 Å². The summed E-state index contributed by atoms with van der Waals surface area (Å²) in [6, 6.07) is 15.8. The molecule has 2 aliphatic rings. The number of fused-ring (bicyclic) bond motifs is 6. The molecule has 4 aromatic rings. The number of hydrogen-bond acceptors (Lipinski definition) is 7. The molecular weight excluding hydrogens is 540 g/mol. The maximum absolute atomic E-state index is 13.2. The van der Waals surface area contributed by atoms with E-state index in [-0.39, 0.29) is 17.7 Å². The Kier molecular flexibility index (Phi) is 7.56. The van der Waals surface area contributed by atoms with Gasteiger partial charge in [0.15, 0.2) is 5.82 Å². The van der Waals surface area contributed by atoms with Gasteiger partial charge in [-0.3, -0.25) is 14.7 Å². The summed E-state index contributed by atoms with van der Waals surface area (Å²) in [7, 11) is 0. The topological polar surface area (TPSA) is 128 Å². The number of aryl methyl sites for hydroxylation is 3. The van der Waals surface area contributed by atoms with Crippen LogP contribution < -0.4 is 16.0 Å². The van der Waals surface area contributed by atoms with E-state index < -0.39 is 0 Å². The van der Waals surface area contributed by atoms with Gasteiger partial charge in [-0.25, -0.2) is 4.98 Å². The highest BCUT2D eigenvalue weighted by atomic mass is 35.5. The molecule has 0 aliphatic carbocycles. The molecule has 0 saturated carbocycles. The van der Waals surface area contributed by atoms with Gasteiger partial charge in [0, 0.05) is 42.3 Å². The van der Waals surface area contributed by atoms with E-state index >= 15 is 0 Å². The van der Waals surface area contributed by atoms with Crippen molar-refractivity contribution in [3.8, 4) is 0 Å². The van der Waals surface area contributed by atoms with Crippen LogP contribution in [0.25, 0.3) is 0 Å². The predicted molar refractivity (Wildman–Crippen MR) is 159 cm³/mol. The first kappa shape index (κ1) is 26.8. The number of rotatable bonds is 4. The largest absolute Gasteiger partial charge is 0.339 e. The van der Waals surface area contributed by atoms with Crippen molar-refractivity contribution in [1.29, 1.82) is 0 Å². The molecule has 11 heteroatoms. The van der Waals surface area contributed by atoms with E-state index in [1.54, 1.807) is 12.3 Å². The molecule has 6 rings (SSSR count). The predicted octanol–water partition coefficient (Wildman–Crippen LogP) is 5.63. The second kappa shape index (κ2) is 11.6. The molecule has 0 atom stereocenters. The van der Waals surface area contributed by atoms with Crippen molar-refractivity contribution in [3.63, 3.8) is 0 Å². The molecule has 210 valence electrons. The fourth-order valence-electron chi connectivity index (χ4n) is 5.36. The summed E-state index contributed by atoms with van der Waals surface area (Å²) >= 11 is 6.39. The third kappa shape index (κ3) is 6.33. The van der Waals surface area contributed by atoms with E-state index in [1.807, 2.05) is 42.2 Å². The van der Waals surface area contributed by atoms with Crippen molar-refractivity contribution in [2.75, 3.05) is 29.0 Å². The van der Waals surface area contributed by atoms with Gasteiger partial charge in [-0.2, -0.15) is 10.1 Å². The number of anilines is 5. The molecule has 41 heavy (non-hydrogen) atoms. The number of halogens is 1. The fraction of sp³-hybridized carbons (Fsp3) is 0.300. The molecule has 0 unspecified atom stereocenters. The molecule has 2 aromatic carbocycles. The Balaban J connectivity index is 1.14. The lowest BCUT2D eigenvalue weighted by atomic mass is 9.93. The number of carbonyl (C=O) groups is 2. The Hall–Kier alpha value is -4.44. The molecule has 4 N–H and O–H groups in total. The van der Waals surface area contributed by atoms with Crippen molar-refractivity contribution < 1.29 is 9.59 Å². The summed E-state index contributed by atoms with van der Waals surface area (Å²) in [5.41, 5.74) is 5.98. The highest BCUT2D eigenvalue weighted by Crippen LogP contribution is 2.30. The van der Waals surface area contributed by atoms with E-state index in [0.717, 1.165) is 59.6 Å². The number of likely N-dealkylation sites (tertiary alicyclic amines) is 1. The van der Waals surface area contributed by atoms with E-state index in [4.69, 9.17) is 11.6 Å². The molecule has 1 saturated heterocycles. The average molecular weight is 571 g/mol. The maximum atomic E-state index is 13.2. The lowest BCUT2D eigenvalue weighted by molar-refractivity contribution is -0.117. The Labute approximate surface area is 242 Å². The summed E-state index contributed by atoms with van der Waals surface area (Å²) in [4.78, 5) is 36.5. The molecule has 4 heterocycles. The molecule has 6 bridgehead atoms. The number of hydrogen-bond donors (Lipinski definition) is 4. The first-order valence-electron chi connectivity index (χ1n) is 13.8. The second-order valence-corrected chi connectivity index (χ2v) is 11.0. The van der Waals surface area contributed by atoms with Crippen molar-refractivity contribution in [1.82, 2.24) is 25.1 Å². The van der Waals surface area contributed by atoms with Gasteiger partial charge in [0.05, 0.1) is 6.20 Å². The Bertz CT molecular complexity index is 1600. The molecule has 0 spiro atoms. The number of aromatic nitrogens is 4. The van der Waals surface area contributed by atoms with Crippen LogP contribution in [0.3, 0.4) is 0 Å². The van der Waals surface area contributed by atoms with Crippen LogP contribution in [0.2, 0.25) is 5.02 Å². The third-order valence-electron chi connectivity index (χ3n) is 7.55. The summed E-state index contributed by atoms with van der Waals surface area (Å²) in [6.45, 7) is 3.12. The molecule has 2 aliphatic heterocycles. The summed E-state index contributed by atoms with van der Waals surface area (Å²) in [5.74, 6) is 1.08. The highest BCUT2D eigenvalue weighted by molar-refractivity contribution is 6.32. The second-order valence-electron chi connectivity index (χ2n) is 10.6. The van der Waals surface area contributed by atoms with Crippen molar-refractivity contribution >= 4 is 52.2 Å². The smallest absolute Gasteiger partial charge is 0.274 e. The number of amides is 2. The van der Waals surface area contributed by atoms with Crippen LogP contribution >= 0.6 is 11.6 Å². The molecular formula is C30H31ClN8O2. The lowest BCUT2D eigenvalue weighted by Gasteiger charge is -2.31. The van der Waals surface area contributed by atoms with Gasteiger partial charge in [0.2, 0.25) is 11.9 Å². The summed E-state index contributed by atoms with van der Waals surface area (Å²) in [5, 5.41) is 17.0. The van der Waals surface area contributed by atoms with Gasteiger partial charge in [0.25, 0.3) is 5.91 Å². The molecule has 10 nitrogen and oxygen atoms in total. The first-order chi connectivity index (χ1) is 19.9. The van der Waals surface area contributed by atoms with Crippen LogP contribution in [0.1, 0.15) is 46.6 Å². The van der Waals surface area contributed by atoms with Gasteiger partial charge < -0.3 is 20.9 Å². The Morgan fingerprint density at radius 2 is 1.88 bits per heavy atom. The molecule has 2 aromatic heterocycles. The minimum atomic E-state index is -0.0632. The Morgan fingerprint density at radius 1 is 1.05 bits per heavy atom. The number of nitrogens with zero attached hydrogens (tertiary/aromatic N) is 4. The zero-order valence-electron chi connectivity index (χ0n) is 22.7. The SMILES string of the molecule is Cc1cc(C(=O)N2CCC(CC(=O)Nc3ccc4cc3CCc3cccc(c3)Nc3ncc(Cl)c(n3)N4)CC2)n[nH]1. The van der Waals surface area contributed by atoms with Crippen molar-refractivity contribution in [2.24, 2.45) is 5.92 Å². The van der Waals surface area contributed by atoms with E-state index in [0.29, 0.717) is 42.0 Å². The van der Waals surface area contributed by atoms with Gasteiger partial charge >= 0.3 is 0 Å². The number of carbonyl (C=O) groups excluding carboxylic acids is 2. The zero-order chi connectivity index (χ0) is 28.3. The third-order valence-corrected chi connectivity index (χ3v) is 7.83. The zero-order valence-corrected chi connectivity index (χ0v) is 23.5. The number of nitrogens with one attached hydrogen (secondary N) is 4. The highest BCUT2D eigenvalue weighted by Gasteiger charge is 2.26. The standard InChI is InChI=1S/C30H31ClN8O2/c1-18-13-26(38-37-18)29(41)39-11-9-20(10-12-39)15-27(40)35-25-8-7-23-16-21(25)6-5-19-3-2-4-22(14-19)34-30-32-17-24(31)28(33-23)36-30/h2-4,7-8,13-14,16-17,20H,5-6,9-12,15H2,1H3,(H,35,40)(H,37,38)(H2,32,33,34,36). The average Bonchev–Trinajstić information content (AvgIpc) is 3.41. The lowest BCUT2D eigenvalue weighted by Crippen LogP contribution is -2.39. The molecule has 2 amide bonds. The number of piperidine rings is 1. The summed E-state index contributed by atoms with van der Waals surface area (Å²) in [6.07, 6.45) is 5.07. The minimum absolute atomic E-state index is 0.0211. The maximum Gasteiger partial charge on any atom is 0.274 e. The Morgan fingerprint density at radius 3 is 2.68 bits per heavy atom. The van der Waals surface area contributed by atoms with Crippen LogP contribution in [0.5, 0.6) is 0 Å². The fourth-order valence-corrected chi connectivity index (χ4v) is 5.50. The summed E-state index contributed by atoms with van der Waals surface area (Å²) < 4.78 is 0. The normalized spacial score (nSPS) is 15.0.